The Morgan fingerprint density at radius 3 is 2.91 bits per heavy atom. The molecule has 0 saturated carbocycles. The highest BCUT2D eigenvalue weighted by atomic mass is 16.3. The van der Waals surface area contributed by atoms with Gasteiger partial charge in [0.05, 0.1) is 11.7 Å². The number of nitrogens with one attached hydrogen (secondary N) is 1. The molecule has 3 rings (SSSR count). The smallest absolute Gasteiger partial charge is 0.256 e. The fraction of sp³-hybridized carbons (Fsp3) is 0.294. The number of carbonyl (C=O) groups is 1. The standard InChI is InChI=1S/C17H19N3O2/c21-14-7-9-20(12-14)17(22)15-5-1-2-6-16(15)19-11-13-4-3-8-18-10-13/h1-6,8,10,14,19,21H,7,9,11-12H2/t14-/m0/s1. The van der Waals surface area contributed by atoms with E-state index in [0.717, 1.165) is 11.3 Å². The van der Waals surface area contributed by atoms with Crippen molar-refractivity contribution in [2.75, 3.05) is 18.4 Å². The third-order valence-electron chi connectivity index (χ3n) is 3.81. The molecule has 1 aromatic carbocycles. The molecular formula is C17H19N3O2. The van der Waals surface area contributed by atoms with Crippen molar-refractivity contribution >= 4 is 11.6 Å². The van der Waals surface area contributed by atoms with Crippen molar-refractivity contribution in [1.29, 1.82) is 0 Å². The van der Waals surface area contributed by atoms with Crippen molar-refractivity contribution < 1.29 is 9.90 Å². The number of pyridine rings is 1. The number of aromatic nitrogens is 1. The number of rotatable bonds is 4. The van der Waals surface area contributed by atoms with E-state index >= 15 is 0 Å². The monoisotopic (exact) mass is 297 g/mol. The molecule has 2 aromatic rings. The van der Waals surface area contributed by atoms with Gasteiger partial charge in [0.1, 0.15) is 0 Å². The van der Waals surface area contributed by atoms with E-state index in [9.17, 15) is 9.90 Å². The average Bonchev–Trinajstić information content (AvgIpc) is 3.00. The Bertz CT molecular complexity index is 645. The van der Waals surface area contributed by atoms with Gasteiger partial charge in [-0.1, -0.05) is 18.2 Å². The molecular weight excluding hydrogens is 278 g/mol. The molecule has 114 valence electrons. The molecule has 0 unspecified atom stereocenters. The number of anilines is 1. The van der Waals surface area contributed by atoms with Crippen LogP contribution in [0.15, 0.2) is 48.8 Å². The van der Waals surface area contributed by atoms with Gasteiger partial charge in [-0.3, -0.25) is 9.78 Å². The lowest BCUT2D eigenvalue weighted by atomic mass is 10.1. The summed E-state index contributed by atoms with van der Waals surface area (Å²) in [5, 5.41) is 12.9. The Morgan fingerprint density at radius 1 is 1.32 bits per heavy atom. The minimum Gasteiger partial charge on any atom is -0.391 e. The maximum atomic E-state index is 12.6. The third-order valence-corrected chi connectivity index (χ3v) is 3.81. The van der Waals surface area contributed by atoms with Crippen LogP contribution >= 0.6 is 0 Å². The van der Waals surface area contributed by atoms with Gasteiger partial charge in [0, 0.05) is 37.7 Å². The summed E-state index contributed by atoms with van der Waals surface area (Å²) in [7, 11) is 0. The molecule has 0 aliphatic carbocycles. The second kappa shape index (κ2) is 6.58. The number of aliphatic hydroxyl groups excluding tert-OH is 1. The fourth-order valence-electron chi connectivity index (χ4n) is 2.62. The van der Waals surface area contributed by atoms with Crippen LogP contribution in [0.1, 0.15) is 22.3 Å². The van der Waals surface area contributed by atoms with Crippen LogP contribution in [0.3, 0.4) is 0 Å². The van der Waals surface area contributed by atoms with Gasteiger partial charge in [-0.2, -0.15) is 0 Å². The molecule has 1 atom stereocenters. The first-order valence-electron chi connectivity index (χ1n) is 7.43. The van der Waals surface area contributed by atoms with E-state index in [2.05, 4.69) is 10.3 Å². The van der Waals surface area contributed by atoms with E-state index in [1.165, 1.54) is 0 Å². The third kappa shape index (κ3) is 3.26. The molecule has 1 aliphatic heterocycles. The highest BCUT2D eigenvalue weighted by Crippen LogP contribution is 2.20. The van der Waals surface area contributed by atoms with Crippen LogP contribution < -0.4 is 5.32 Å². The van der Waals surface area contributed by atoms with Crippen LogP contribution in [0.4, 0.5) is 5.69 Å². The SMILES string of the molecule is O=C(c1ccccc1NCc1cccnc1)N1CC[C@H](O)C1. The Balaban J connectivity index is 1.73. The number of carbonyl (C=O) groups excluding carboxylic acids is 1. The summed E-state index contributed by atoms with van der Waals surface area (Å²) < 4.78 is 0. The average molecular weight is 297 g/mol. The summed E-state index contributed by atoms with van der Waals surface area (Å²) in [6, 6.07) is 11.4. The molecule has 0 radical (unpaired) electrons. The van der Waals surface area contributed by atoms with Gasteiger partial charge in [-0.15, -0.1) is 0 Å². The van der Waals surface area contributed by atoms with Gasteiger partial charge in [0.2, 0.25) is 0 Å². The number of aliphatic hydroxyl groups is 1. The van der Waals surface area contributed by atoms with E-state index in [0.29, 0.717) is 31.6 Å². The zero-order valence-corrected chi connectivity index (χ0v) is 12.3. The molecule has 1 amide bonds. The lowest BCUT2D eigenvalue weighted by Gasteiger charge is -2.18. The van der Waals surface area contributed by atoms with Gasteiger partial charge >= 0.3 is 0 Å². The first-order valence-corrected chi connectivity index (χ1v) is 7.43. The molecule has 0 bridgehead atoms. The van der Waals surface area contributed by atoms with Crippen LogP contribution in [0, 0.1) is 0 Å². The molecule has 5 nitrogen and oxygen atoms in total. The summed E-state index contributed by atoms with van der Waals surface area (Å²) in [5.41, 5.74) is 2.50. The van der Waals surface area contributed by atoms with E-state index in [1.807, 2.05) is 36.4 Å². The lowest BCUT2D eigenvalue weighted by Crippen LogP contribution is -2.30. The fourth-order valence-corrected chi connectivity index (χ4v) is 2.62. The molecule has 1 saturated heterocycles. The molecule has 0 spiro atoms. The minimum atomic E-state index is -0.403. The Morgan fingerprint density at radius 2 is 2.18 bits per heavy atom. The number of β-amino-alcohol motifs (C(OH)–C–C–N with tert-alkyl or cyclic N) is 1. The molecule has 5 heteroatoms. The number of benzene rings is 1. The van der Waals surface area contributed by atoms with Gasteiger partial charge < -0.3 is 15.3 Å². The van der Waals surface area contributed by atoms with Crippen molar-refractivity contribution in [3.8, 4) is 0 Å². The molecule has 2 N–H and O–H groups in total. The number of hydrogen-bond donors (Lipinski definition) is 2. The molecule has 1 fully saturated rings. The van der Waals surface area contributed by atoms with Gasteiger partial charge in [0.15, 0.2) is 0 Å². The molecule has 22 heavy (non-hydrogen) atoms. The lowest BCUT2D eigenvalue weighted by molar-refractivity contribution is 0.0766. The van der Waals surface area contributed by atoms with Crippen molar-refractivity contribution in [2.45, 2.75) is 19.1 Å². The van der Waals surface area contributed by atoms with E-state index in [4.69, 9.17) is 0 Å². The molecule has 2 heterocycles. The van der Waals surface area contributed by atoms with Gasteiger partial charge in [-0.25, -0.2) is 0 Å². The Labute approximate surface area is 129 Å². The largest absolute Gasteiger partial charge is 0.391 e. The maximum Gasteiger partial charge on any atom is 0.256 e. The second-order valence-electron chi connectivity index (χ2n) is 5.45. The summed E-state index contributed by atoms with van der Waals surface area (Å²) in [5.74, 6) is -0.0363. The van der Waals surface area contributed by atoms with Crippen LogP contribution in [0.5, 0.6) is 0 Å². The summed E-state index contributed by atoms with van der Waals surface area (Å²) in [4.78, 5) is 18.4. The van der Waals surface area contributed by atoms with Crippen LogP contribution in [-0.2, 0) is 6.54 Å². The number of hydrogen-bond acceptors (Lipinski definition) is 4. The first kappa shape index (κ1) is 14.5. The van der Waals surface area contributed by atoms with Crippen LogP contribution in [0.25, 0.3) is 0 Å². The molecule has 1 aromatic heterocycles. The topological polar surface area (TPSA) is 65.5 Å². The predicted molar refractivity (Wildman–Crippen MR) is 84.5 cm³/mol. The predicted octanol–water partition coefficient (Wildman–Crippen LogP) is 1.90. The van der Waals surface area contributed by atoms with Gasteiger partial charge in [0.25, 0.3) is 5.91 Å². The van der Waals surface area contributed by atoms with Crippen molar-refractivity contribution in [2.24, 2.45) is 0 Å². The number of likely N-dealkylation sites (tertiary alicyclic amines) is 1. The van der Waals surface area contributed by atoms with E-state index in [-0.39, 0.29) is 5.91 Å². The van der Waals surface area contributed by atoms with Gasteiger partial charge in [-0.05, 0) is 30.2 Å². The number of nitrogens with zero attached hydrogens (tertiary/aromatic N) is 2. The first-order chi connectivity index (χ1) is 10.7. The van der Waals surface area contributed by atoms with Crippen molar-refractivity contribution in [3.63, 3.8) is 0 Å². The summed E-state index contributed by atoms with van der Waals surface area (Å²) >= 11 is 0. The highest BCUT2D eigenvalue weighted by Gasteiger charge is 2.26. The van der Waals surface area contributed by atoms with Crippen molar-refractivity contribution in [3.05, 3.63) is 59.9 Å². The van der Waals surface area contributed by atoms with E-state index < -0.39 is 6.10 Å². The Kier molecular flexibility index (Phi) is 4.34. The van der Waals surface area contributed by atoms with Crippen LogP contribution in [-0.4, -0.2) is 40.1 Å². The quantitative estimate of drug-likeness (QED) is 0.904. The number of amides is 1. The molecule has 1 aliphatic rings. The van der Waals surface area contributed by atoms with E-state index in [1.54, 1.807) is 17.3 Å². The highest BCUT2D eigenvalue weighted by molar-refractivity contribution is 5.99. The summed E-state index contributed by atoms with van der Waals surface area (Å²) in [6.07, 6.45) is 3.78. The van der Waals surface area contributed by atoms with Crippen molar-refractivity contribution in [1.82, 2.24) is 9.88 Å². The maximum absolute atomic E-state index is 12.6. The normalized spacial score (nSPS) is 17.5. The van der Waals surface area contributed by atoms with Crippen LogP contribution in [0.2, 0.25) is 0 Å². The Hall–Kier alpha value is -2.40. The summed E-state index contributed by atoms with van der Waals surface area (Å²) in [6.45, 7) is 1.63. The zero-order chi connectivity index (χ0) is 15.4. The second-order valence-corrected chi connectivity index (χ2v) is 5.45. The minimum absolute atomic E-state index is 0.0363. The zero-order valence-electron chi connectivity index (χ0n) is 12.3. The number of para-hydroxylation sites is 1.